The molecule has 4 nitrogen and oxygen atoms in total. The van der Waals surface area contributed by atoms with Gasteiger partial charge < -0.3 is 0 Å². The first kappa shape index (κ1) is 15.2. The van der Waals surface area contributed by atoms with Crippen LogP contribution in [0.4, 0.5) is 5.69 Å². The molecule has 1 heterocycles. The molecule has 1 unspecified atom stereocenters. The summed E-state index contributed by atoms with van der Waals surface area (Å²) >= 11 is 0. The number of nitrogens with zero attached hydrogens (tertiary/aromatic N) is 2. The number of hydrogen-bond acceptors (Lipinski definition) is 4. The topological polar surface area (TPSA) is 30.5 Å². The van der Waals surface area contributed by atoms with E-state index in [1.807, 2.05) is 0 Å². The maximum Gasteiger partial charge on any atom is 0.120 e. The van der Waals surface area contributed by atoms with E-state index in [0.717, 1.165) is 13.1 Å². The van der Waals surface area contributed by atoms with E-state index in [9.17, 15) is 0 Å². The molecular formula is C20H24N4. The van der Waals surface area contributed by atoms with E-state index in [4.69, 9.17) is 0 Å². The van der Waals surface area contributed by atoms with E-state index < -0.39 is 0 Å². The molecule has 1 saturated heterocycles. The third-order valence-electron chi connectivity index (χ3n) is 4.67. The SMILES string of the molecule is C1=C(N2CN(c3ccccc3)NC(c3ccccc3)N2)CCCC1. The summed E-state index contributed by atoms with van der Waals surface area (Å²) in [5, 5.41) is 4.53. The zero-order valence-corrected chi connectivity index (χ0v) is 13.9. The van der Waals surface area contributed by atoms with Crippen molar-refractivity contribution in [2.75, 3.05) is 11.7 Å². The van der Waals surface area contributed by atoms with Gasteiger partial charge in [-0.3, -0.25) is 10.0 Å². The third-order valence-corrected chi connectivity index (χ3v) is 4.67. The van der Waals surface area contributed by atoms with E-state index in [2.05, 4.69) is 87.6 Å². The van der Waals surface area contributed by atoms with Crippen LogP contribution in [0.15, 0.2) is 72.4 Å². The van der Waals surface area contributed by atoms with Crippen LogP contribution in [-0.2, 0) is 0 Å². The Morgan fingerprint density at radius 3 is 2.21 bits per heavy atom. The van der Waals surface area contributed by atoms with Gasteiger partial charge in [0, 0.05) is 5.70 Å². The minimum Gasteiger partial charge on any atom is -0.290 e. The molecule has 0 spiro atoms. The van der Waals surface area contributed by atoms with Crippen molar-refractivity contribution in [1.29, 1.82) is 0 Å². The predicted octanol–water partition coefficient (Wildman–Crippen LogP) is 3.93. The van der Waals surface area contributed by atoms with Crippen LogP contribution < -0.4 is 15.9 Å². The maximum atomic E-state index is 3.65. The fourth-order valence-electron chi connectivity index (χ4n) is 3.36. The van der Waals surface area contributed by atoms with Gasteiger partial charge in [-0.15, -0.1) is 0 Å². The van der Waals surface area contributed by atoms with E-state index in [1.165, 1.54) is 36.2 Å². The van der Waals surface area contributed by atoms with Crippen molar-refractivity contribution in [3.63, 3.8) is 0 Å². The molecule has 24 heavy (non-hydrogen) atoms. The number of anilines is 1. The highest BCUT2D eigenvalue weighted by Gasteiger charge is 2.27. The smallest absolute Gasteiger partial charge is 0.120 e. The van der Waals surface area contributed by atoms with Crippen LogP contribution in [0, 0.1) is 0 Å². The molecule has 0 saturated carbocycles. The van der Waals surface area contributed by atoms with Crippen molar-refractivity contribution in [3.05, 3.63) is 78.0 Å². The Morgan fingerprint density at radius 2 is 1.50 bits per heavy atom. The van der Waals surface area contributed by atoms with Crippen molar-refractivity contribution in [1.82, 2.24) is 15.9 Å². The highest BCUT2D eigenvalue weighted by molar-refractivity contribution is 5.45. The molecule has 2 aromatic rings. The normalized spacial score (nSPS) is 21.5. The summed E-state index contributed by atoms with van der Waals surface area (Å²) in [4.78, 5) is 0. The quantitative estimate of drug-likeness (QED) is 0.897. The summed E-state index contributed by atoms with van der Waals surface area (Å²) in [5.41, 5.74) is 11.1. The van der Waals surface area contributed by atoms with Crippen LogP contribution in [0.25, 0.3) is 0 Å². The van der Waals surface area contributed by atoms with Gasteiger partial charge in [0.05, 0.1) is 5.69 Å². The second-order valence-corrected chi connectivity index (χ2v) is 6.38. The average Bonchev–Trinajstić information content (AvgIpc) is 2.70. The second kappa shape index (κ2) is 7.07. The number of hydrogen-bond donors (Lipinski definition) is 2. The van der Waals surface area contributed by atoms with Crippen LogP contribution >= 0.6 is 0 Å². The van der Waals surface area contributed by atoms with Crippen LogP contribution in [0.1, 0.15) is 37.4 Å². The zero-order chi connectivity index (χ0) is 16.2. The first-order chi connectivity index (χ1) is 11.9. The summed E-state index contributed by atoms with van der Waals surface area (Å²) in [5.74, 6) is 0. The Bertz CT molecular complexity index is 636. The maximum absolute atomic E-state index is 3.65. The monoisotopic (exact) mass is 320 g/mol. The standard InChI is InChI=1S/C20H24N4/c1-4-10-17(11-5-1)20-21-23(18-12-6-2-7-13-18)16-24(22-20)19-14-8-3-9-15-19/h1-2,4-7,10-14,20-22H,3,8-9,15-16H2. The van der Waals surface area contributed by atoms with Gasteiger partial charge in [0.15, 0.2) is 0 Å². The highest BCUT2D eigenvalue weighted by Crippen LogP contribution is 2.26. The molecule has 4 rings (SSSR count). The van der Waals surface area contributed by atoms with E-state index in [-0.39, 0.29) is 6.17 Å². The molecule has 1 atom stereocenters. The minimum atomic E-state index is 0.0583. The fraction of sp³-hybridized carbons (Fsp3) is 0.300. The number of nitrogens with one attached hydrogen (secondary N) is 2. The van der Waals surface area contributed by atoms with E-state index >= 15 is 0 Å². The molecule has 0 aromatic heterocycles. The summed E-state index contributed by atoms with van der Waals surface area (Å²) in [6, 6.07) is 21.1. The number of hydrazine groups is 2. The first-order valence-electron chi connectivity index (χ1n) is 8.76. The van der Waals surface area contributed by atoms with Crippen molar-refractivity contribution in [2.45, 2.75) is 31.8 Å². The largest absolute Gasteiger partial charge is 0.290 e. The molecule has 2 aromatic carbocycles. The Kier molecular flexibility index (Phi) is 4.49. The molecule has 1 aliphatic carbocycles. The van der Waals surface area contributed by atoms with E-state index in [1.54, 1.807) is 0 Å². The summed E-state index contributed by atoms with van der Waals surface area (Å²) in [6.07, 6.45) is 7.36. The van der Waals surface area contributed by atoms with Crippen molar-refractivity contribution in [2.24, 2.45) is 0 Å². The summed E-state index contributed by atoms with van der Waals surface area (Å²) in [6.45, 7) is 0.791. The van der Waals surface area contributed by atoms with Gasteiger partial charge >= 0.3 is 0 Å². The summed E-state index contributed by atoms with van der Waals surface area (Å²) < 4.78 is 0. The van der Waals surface area contributed by atoms with Gasteiger partial charge in [-0.05, 0) is 43.4 Å². The lowest BCUT2D eigenvalue weighted by molar-refractivity contribution is 0.125. The molecule has 1 aliphatic heterocycles. The lowest BCUT2D eigenvalue weighted by Gasteiger charge is -2.45. The molecule has 0 radical (unpaired) electrons. The Morgan fingerprint density at radius 1 is 0.792 bits per heavy atom. The summed E-state index contributed by atoms with van der Waals surface area (Å²) in [7, 11) is 0. The second-order valence-electron chi connectivity index (χ2n) is 6.38. The first-order valence-corrected chi connectivity index (χ1v) is 8.76. The Balaban J connectivity index is 1.62. The molecule has 2 aliphatic rings. The van der Waals surface area contributed by atoms with Crippen LogP contribution in [0.2, 0.25) is 0 Å². The minimum absolute atomic E-state index is 0.0583. The molecule has 1 fully saturated rings. The van der Waals surface area contributed by atoms with E-state index in [0.29, 0.717) is 0 Å². The number of rotatable bonds is 3. The molecule has 2 N–H and O–H groups in total. The molecular weight excluding hydrogens is 296 g/mol. The number of allylic oxidation sites excluding steroid dienone is 2. The van der Waals surface area contributed by atoms with Gasteiger partial charge in [-0.1, -0.05) is 54.6 Å². The van der Waals surface area contributed by atoms with Crippen molar-refractivity contribution >= 4 is 5.69 Å². The zero-order valence-electron chi connectivity index (χ0n) is 13.9. The third kappa shape index (κ3) is 3.30. The number of para-hydroxylation sites is 1. The predicted molar refractivity (Wildman–Crippen MR) is 97.6 cm³/mol. The fourth-order valence-corrected chi connectivity index (χ4v) is 3.36. The molecule has 0 amide bonds. The Labute approximate surface area is 143 Å². The highest BCUT2D eigenvalue weighted by atomic mass is 15.7. The van der Waals surface area contributed by atoms with Gasteiger partial charge in [0.2, 0.25) is 0 Å². The van der Waals surface area contributed by atoms with Crippen LogP contribution in [0.5, 0.6) is 0 Å². The Hall–Kier alpha value is -2.30. The van der Waals surface area contributed by atoms with Gasteiger partial charge in [-0.2, -0.15) is 0 Å². The van der Waals surface area contributed by atoms with Crippen molar-refractivity contribution < 1.29 is 0 Å². The number of benzene rings is 2. The lowest BCUT2D eigenvalue weighted by Crippen LogP contribution is -2.61. The van der Waals surface area contributed by atoms with Crippen LogP contribution in [-0.4, -0.2) is 11.7 Å². The molecule has 0 bridgehead atoms. The average molecular weight is 320 g/mol. The lowest BCUT2D eigenvalue weighted by atomic mass is 10.0. The van der Waals surface area contributed by atoms with Crippen molar-refractivity contribution in [3.8, 4) is 0 Å². The van der Waals surface area contributed by atoms with Crippen LogP contribution in [0.3, 0.4) is 0 Å². The van der Waals surface area contributed by atoms with Gasteiger partial charge in [0.25, 0.3) is 0 Å². The van der Waals surface area contributed by atoms with Gasteiger partial charge in [-0.25, -0.2) is 10.9 Å². The van der Waals surface area contributed by atoms with Gasteiger partial charge in [0.1, 0.15) is 12.8 Å². The molecule has 4 heteroatoms. The molecule has 124 valence electrons.